The molecule has 1 atom stereocenters. The Hall–Kier alpha value is -4.06. The SMILES string of the molecule is N[N+]12C=CN=CC1=C(C1=CC=C1)N=C2c1ccc(Oc2ccc3ccccc3c2)cc1. The van der Waals surface area contributed by atoms with Gasteiger partial charge >= 0.3 is 0 Å². The molecule has 148 valence electrons. The smallest absolute Gasteiger partial charge is 0.265 e. The lowest BCUT2D eigenvalue weighted by molar-refractivity contribution is -0.750. The highest BCUT2D eigenvalue weighted by Crippen LogP contribution is 2.36. The normalized spacial score (nSPS) is 21.1. The van der Waals surface area contributed by atoms with E-state index in [0.717, 1.165) is 45.3 Å². The number of ether oxygens (including phenoxy) is 1. The van der Waals surface area contributed by atoms with Crippen molar-refractivity contribution in [1.29, 1.82) is 0 Å². The molecule has 3 aliphatic rings. The second kappa shape index (κ2) is 6.74. The molecule has 31 heavy (non-hydrogen) atoms. The van der Waals surface area contributed by atoms with Crippen LogP contribution >= 0.6 is 0 Å². The van der Waals surface area contributed by atoms with E-state index in [1.165, 1.54) is 5.39 Å². The van der Waals surface area contributed by atoms with Gasteiger partial charge in [0.2, 0.25) is 5.70 Å². The standard InChI is InChI=1S/C26H19N4O/c27-30-15-14-28-17-24(30)25(19-6-3-7-19)29-26(30)20-9-11-22(12-10-20)31-23-13-8-18-4-1-2-5-21(18)16-23/h1-17H,27H2/q+1. The maximum absolute atomic E-state index is 6.75. The second-order valence-corrected chi connectivity index (χ2v) is 7.64. The number of aliphatic imine (C=N–C) groups is 2. The van der Waals surface area contributed by atoms with E-state index in [0.29, 0.717) is 0 Å². The van der Waals surface area contributed by atoms with Crippen molar-refractivity contribution in [3.05, 3.63) is 120 Å². The average molecular weight is 403 g/mol. The van der Waals surface area contributed by atoms with Crippen LogP contribution in [-0.2, 0) is 0 Å². The second-order valence-electron chi connectivity index (χ2n) is 7.64. The molecule has 0 saturated heterocycles. The van der Waals surface area contributed by atoms with Crippen LogP contribution in [0.2, 0.25) is 0 Å². The molecule has 2 N–H and O–H groups in total. The fourth-order valence-electron chi connectivity index (χ4n) is 3.98. The molecule has 0 spiro atoms. The molecule has 2 aliphatic heterocycles. The third-order valence-corrected chi connectivity index (χ3v) is 5.69. The van der Waals surface area contributed by atoms with Gasteiger partial charge in [0.15, 0.2) is 0 Å². The van der Waals surface area contributed by atoms with Gasteiger partial charge in [-0.3, -0.25) is 4.99 Å². The van der Waals surface area contributed by atoms with E-state index in [2.05, 4.69) is 23.2 Å². The van der Waals surface area contributed by atoms with Crippen LogP contribution in [0.15, 0.2) is 124 Å². The lowest BCUT2D eigenvalue weighted by Gasteiger charge is -2.26. The first-order valence-electron chi connectivity index (χ1n) is 10.1. The minimum Gasteiger partial charge on any atom is -0.457 e. The molecule has 5 nitrogen and oxygen atoms in total. The van der Waals surface area contributed by atoms with Crippen molar-refractivity contribution in [1.82, 2.24) is 0 Å². The maximum atomic E-state index is 6.75. The van der Waals surface area contributed by atoms with Crippen LogP contribution in [0.4, 0.5) is 0 Å². The third kappa shape index (κ3) is 2.87. The van der Waals surface area contributed by atoms with Gasteiger partial charge in [-0.05, 0) is 47.2 Å². The van der Waals surface area contributed by atoms with Gasteiger partial charge in [0.25, 0.3) is 5.84 Å². The summed E-state index contributed by atoms with van der Waals surface area (Å²) < 4.78 is 6.09. The molecule has 6 rings (SSSR count). The Labute approximate surface area is 179 Å². The van der Waals surface area contributed by atoms with Gasteiger partial charge in [0.1, 0.15) is 23.4 Å². The minimum atomic E-state index is 0.00882. The van der Waals surface area contributed by atoms with Gasteiger partial charge in [-0.15, -0.1) is 4.59 Å². The van der Waals surface area contributed by atoms with Gasteiger partial charge < -0.3 is 4.74 Å². The monoisotopic (exact) mass is 403 g/mol. The van der Waals surface area contributed by atoms with Crippen LogP contribution < -0.4 is 10.6 Å². The Morgan fingerprint density at radius 1 is 0.871 bits per heavy atom. The lowest BCUT2D eigenvalue weighted by atomic mass is 10.0. The summed E-state index contributed by atoms with van der Waals surface area (Å²) in [5.74, 6) is 9.07. The summed E-state index contributed by atoms with van der Waals surface area (Å²) in [5.41, 5.74) is 3.73. The van der Waals surface area contributed by atoms with Crippen molar-refractivity contribution < 1.29 is 9.33 Å². The Balaban J connectivity index is 1.30. The van der Waals surface area contributed by atoms with Crippen LogP contribution in [0.5, 0.6) is 11.5 Å². The number of amidine groups is 1. The fraction of sp³-hybridized carbons (Fsp3) is 0. The van der Waals surface area contributed by atoms with Crippen molar-refractivity contribution in [3.8, 4) is 11.5 Å². The Morgan fingerprint density at radius 2 is 1.65 bits per heavy atom. The molecule has 3 aromatic carbocycles. The van der Waals surface area contributed by atoms with Gasteiger partial charge in [0.05, 0.1) is 18.0 Å². The number of nitrogens with zero attached hydrogens (tertiary/aromatic N) is 3. The van der Waals surface area contributed by atoms with Gasteiger partial charge in [-0.2, -0.15) is 10.8 Å². The molecule has 5 heteroatoms. The molecule has 1 aliphatic carbocycles. The third-order valence-electron chi connectivity index (χ3n) is 5.69. The van der Waals surface area contributed by atoms with Crippen molar-refractivity contribution in [2.75, 3.05) is 0 Å². The predicted octanol–water partition coefficient (Wildman–Crippen LogP) is 5.35. The first kappa shape index (κ1) is 17.8. The molecule has 0 amide bonds. The maximum Gasteiger partial charge on any atom is 0.265 e. The summed E-state index contributed by atoms with van der Waals surface area (Å²) >= 11 is 0. The number of hydrogen-bond donors (Lipinski definition) is 1. The van der Waals surface area contributed by atoms with Crippen LogP contribution in [0.25, 0.3) is 10.8 Å². The van der Waals surface area contributed by atoms with Gasteiger partial charge in [-0.25, -0.2) is 0 Å². The van der Waals surface area contributed by atoms with E-state index in [4.69, 9.17) is 15.6 Å². The highest BCUT2D eigenvalue weighted by Gasteiger charge is 2.44. The Morgan fingerprint density at radius 3 is 2.42 bits per heavy atom. The average Bonchev–Trinajstić information content (AvgIpc) is 3.06. The highest BCUT2D eigenvalue weighted by atomic mass is 16.5. The van der Waals surface area contributed by atoms with E-state index in [1.54, 1.807) is 12.4 Å². The molecule has 2 heterocycles. The van der Waals surface area contributed by atoms with Crippen molar-refractivity contribution >= 4 is 22.8 Å². The topological polar surface area (TPSA) is 60.0 Å². The summed E-state index contributed by atoms with van der Waals surface area (Å²) in [5, 5.41) is 2.34. The summed E-state index contributed by atoms with van der Waals surface area (Å²) in [4.78, 5) is 9.15. The first-order chi connectivity index (χ1) is 15.2. The molecule has 0 bridgehead atoms. The predicted molar refractivity (Wildman–Crippen MR) is 123 cm³/mol. The summed E-state index contributed by atoms with van der Waals surface area (Å²) in [7, 11) is 0. The van der Waals surface area contributed by atoms with Crippen molar-refractivity contribution in [2.24, 2.45) is 15.8 Å². The number of hydrogen-bond acceptors (Lipinski definition) is 4. The Kier molecular flexibility index (Phi) is 3.86. The fourth-order valence-corrected chi connectivity index (χ4v) is 3.98. The van der Waals surface area contributed by atoms with Crippen molar-refractivity contribution in [3.63, 3.8) is 0 Å². The van der Waals surface area contributed by atoms with E-state index < -0.39 is 0 Å². The highest BCUT2D eigenvalue weighted by molar-refractivity contribution is 6.01. The zero-order chi connectivity index (χ0) is 20.8. The number of rotatable bonds is 4. The molecular formula is C26H19N4O+. The number of benzene rings is 3. The number of fused-ring (bicyclic) bond motifs is 2. The van der Waals surface area contributed by atoms with Gasteiger partial charge in [0, 0.05) is 5.57 Å². The molecule has 0 fully saturated rings. The summed E-state index contributed by atoms with van der Waals surface area (Å²) in [6.45, 7) is 0. The van der Waals surface area contributed by atoms with Crippen LogP contribution in [0, 0.1) is 0 Å². The Bertz CT molecular complexity index is 1410. The van der Waals surface area contributed by atoms with E-state index in [1.807, 2.05) is 73.0 Å². The quantitative estimate of drug-likeness (QED) is 0.472. The summed E-state index contributed by atoms with van der Waals surface area (Å²) in [6, 6.07) is 22.2. The minimum absolute atomic E-state index is 0.00882. The van der Waals surface area contributed by atoms with Crippen molar-refractivity contribution in [2.45, 2.75) is 0 Å². The number of allylic oxidation sites excluding steroid dienone is 4. The van der Waals surface area contributed by atoms with E-state index in [-0.39, 0.29) is 4.59 Å². The zero-order valence-electron chi connectivity index (χ0n) is 16.6. The molecule has 0 aromatic heterocycles. The first-order valence-corrected chi connectivity index (χ1v) is 10.1. The lowest BCUT2D eigenvalue weighted by Crippen LogP contribution is -2.53. The molecular weight excluding hydrogens is 384 g/mol. The molecule has 0 saturated carbocycles. The van der Waals surface area contributed by atoms with E-state index >= 15 is 0 Å². The largest absolute Gasteiger partial charge is 0.457 e. The number of nitrogens with two attached hydrogens (primary N) is 1. The zero-order valence-corrected chi connectivity index (χ0v) is 16.6. The van der Waals surface area contributed by atoms with Crippen LogP contribution in [0.3, 0.4) is 0 Å². The number of quaternary nitrogens is 1. The van der Waals surface area contributed by atoms with Gasteiger partial charge in [-0.1, -0.05) is 48.6 Å². The van der Waals surface area contributed by atoms with Crippen LogP contribution in [-0.4, -0.2) is 16.6 Å². The molecule has 0 radical (unpaired) electrons. The summed E-state index contributed by atoms with van der Waals surface area (Å²) in [6.07, 6.45) is 11.4. The molecule has 1 unspecified atom stereocenters. The van der Waals surface area contributed by atoms with Crippen LogP contribution in [0.1, 0.15) is 5.56 Å². The molecule has 3 aromatic rings. The van der Waals surface area contributed by atoms with E-state index in [9.17, 15) is 0 Å².